The van der Waals surface area contributed by atoms with Crippen LogP contribution >= 0.6 is 0 Å². The molecule has 1 atom stereocenters. The van der Waals surface area contributed by atoms with Crippen molar-refractivity contribution < 1.29 is 43.2 Å². The van der Waals surface area contributed by atoms with Crippen molar-refractivity contribution in [3.05, 3.63) is 0 Å². The lowest BCUT2D eigenvalue weighted by Crippen LogP contribution is -2.38. The SMILES string of the molecule is CCCCNC(=O)COCCOCCNC(=O)COCCOCCNC(=O)CCC(CO)NC(=O)CCC. The molecule has 5 N–H and O–H groups in total. The first-order chi connectivity index (χ1) is 18.4. The van der Waals surface area contributed by atoms with E-state index in [2.05, 4.69) is 28.2 Å². The molecule has 0 aromatic heterocycles. The number of aliphatic hydroxyl groups excluding tert-OH is 1. The monoisotopic (exact) mass is 548 g/mol. The third-order valence-electron chi connectivity index (χ3n) is 4.98. The molecule has 0 saturated carbocycles. The maximum Gasteiger partial charge on any atom is 0.246 e. The van der Waals surface area contributed by atoms with E-state index in [9.17, 15) is 24.3 Å². The quantitative estimate of drug-likeness (QED) is 0.0872. The van der Waals surface area contributed by atoms with Crippen molar-refractivity contribution >= 4 is 23.6 Å². The molecule has 1 unspecified atom stereocenters. The van der Waals surface area contributed by atoms with Crippen LogP contribution in [-0.2, 0) is 38.1 Å². The van der Waals surface area contributed by atoms with E-state index >= 15 is 0 Å². The molecule has 0 rings (SSSR count). The van der Waals surface area contributed by atoms with Gasteiger partial charge in [0.15, 0.2) is 0 Å². The van der Waals surface area contributed by atoms with Crippen molar-refractivity contribution in [1.29, 1.82) is 0 Å². The lowest BCUT2D eigenvalue weighted by atomic mass is 10.1. The topological polar surface area (TPSA) is 174 Å². The van der Waals surface area contributed by atoms with Gasteiger partial charge in [-0.25, -0.2) is 0 Å². The smallest absolute Gasteiger partial charge is 0.246 e. The molecule has 0 aliphatic carbocycles. The molecular weight excluding hydrogens is 500 g/mol. The zero-order chi connectivity index (χ0) is 28.3. The Bertz CT molecular complexity index is 638. The molecule has 38 heavy (non-hydrogen) atoms. The fourth-order valence-electron chi connectivity index (χ4n) is 2.93. The zero-order valence-corrected chi connectivity index (χ0v) is 23.0. The summed E-state index contributed by atoms with van der Waals surface area (Å²) < 4.78 is 21.1. The van der Waals surface area contributed by atoms with Crippen LogP contribution in [0, 0.1) is 0 Å². The van der Waals surface area contributed by atoms with Crippen molar-refractivity contribution in [3.8, 4) is 0 Å². The second-order valence-corrected chi connectivity index (χ2v) is 8.47. The van der Waals surface area contributed by atoms with E-state index in [1.54, 1.807) is 0 Å². The number of hydrogen-bond donors (Lipinski definition) is 5. The maximum atomic E-state index is 11.9. The van der Waals surface area contributed by atoms with Gasteiger partial charge in [-0.3, -0.25) is 19.2 Å². The summed E-state index contributed by atoms with van der Waals surface area (Å²) in [6.45, 7) is 6.70. The first-order valence-electron chi connectivity index (χ1n) is 13.4. The van der Waals surface area contributed by atoms with Gasteiger partial charge in [0.25, 0.3) is 0 Å². The molecule has 0 radical (unpaired) electrons. The van der Waals surface area contributed by atoms with Crippen molar-refractivity contribution in [3.63, 3.8) is 0 Å². The van der Waals surface area contributed by atoms with Crippen molar-refractivity contribution in [1.82, 2.24) is 21.3 Å². The number of ether oxygens (including phenoxy) is 4. The fraction of sp³-hybridized carbons (Fsp3) is 0.840. The highest BCUT2D eigenvalue weighted by Gasteiger charge is 2.12. The first kappa shape index (κ1) is 35.7. The number of rotatable bonds is 26. The predicted molar refractivity (Wildman–Crippen MR) is 140 cm³/mol. The summed E-state index contributed by atoms with van der Waals surface area (Å²) >= 11 is 0. The Labute approximate surface area is 226 Å². The molecule has 0 spiro atoms. The molecule has 13 nitrogen and oxygen atoms in total. The van der Waals surface area contributed by atoms with Crippen LogP contribution in [0.15, 0.2) is 0 Å². The largest absolute Gasteiger partial charge is 0.394 e. The third-order valence-corrected chi connectivity index (χ3v) is 4.98. The van der Waals surface area contributed by atoms with Gasteiger partial charge in [-0.2, -0.15) is 0 Å². The summed E-state index contributed by atoms with van der Waals surface area (Å²) in [5, 5.41) is 20.1. The minimum absolute atomic E-state index is 0.00648. The van der Waals surface area contributed by atoms with Gasteiger partial charge >= 0.3 is 0 Å². The van der Waals surface area contributed by atoms with E-state index in [-0.39, 0.29) is 63.1 Å². The van der Waals surface area contributed by atoms with Gasteiger partial charge in [0, 0.05) is 32.5 Å². The standard InChI is InChI=1S/C25H48N4O9/c1-3-5-9-26-24(33)19-37-16-15-36-13-11-28-25(34)20-38-17-14-35-12-10-27-22(31)8-7-21(18-30)29-23(32)6-4-2/h21,30H,3-20H2,1-2H3,(H,26,33)(H,27,31)(H,28,34)(H,29,32). The Hall–Kier alpha value is -2.32. The third kappa shape index (κ3) is 24.0. The molecule has 0 saturated heterocycles. The summed E-state index contributed by atoms with van der Waals surface area (Å²) in [6, 6.07) is -0.432. The van der Waals surface area contributed by atoms with E-state index < -0.39 is 6.04 Å². The molecule has 0 heterocycles. The Morgan fingerprint density at radius 2 is 1.16 bits per heavy atom. The molecule has 0 aromatic rings. The summed E-state index contributed by atoms with van der Waals surface area (Å²) in [5.74, 6) is -0.732. The highest BCUT2D eigenvalue weighted by Crippen LogP contribution is 1.98. The molecule has 0 aliphatic heterocycles. The molecular formula is C25H48N4O9. The second-order valence-electron chi connectivity index (χ2n) is 8.47. The van der Waals surface area contributed by atoms with Gasteiger partial charge < -0.3 is 45.3 Å². The summed E-state index contributed by atoms with van der Waals surface area (Å²) in [4.78, 5) is 46.6. The lowest BCUT2D eigenvalue weighted by molar-refractivity contribution is -0.127. The van der Waals surface area contributed by atoms with Gasteiger partial charge in [-0.1, -0.05) is 20.3 Å². The second kappa shape index (κ2) is 26.3. The van der Waals surface area contributed by atoms with Crippen LogP contribution in [0.5, 0.6) is 0 Å². The Balaban J connectivity index is 3.49. The number of unbranched alkanes of at least 4 members (excludes halogenated alkanes) is 1. The highest BCUT2D eigenvalue weighted by atomic mass is 16.5. The summed E-state index contributed by atoms with van der Waals surface area (Å²) in [6.07, 6.45) is 3.62. The minimum Gasteiger partial charge on any atom is -0.394 e. The minimum atomic E-state index is -0.432. The average Bonchev–Trinajstić information content (AvgIpc) is 2.89. The first-order valence-corrected chi connectivity index (χ1v) is 13.4. The van der Waals surface area contributed by atoms with E-state index in [1.807, 2.05) is 6.92 Å². The lowest BCUT2D eigenvalue weighted by Gasteiger charge is -2.16. The maximum absolute atomic E-state index is 11.9. The number of nitrogens with one attached hydrogen (secondary N) is 4. The van der Waals surface area contributed by atoms with Crippen molar-refractivity contribution in [2.75, 3.05) is 79.1 Å². The van der Waals surface area contributed by atoms with Gasteiger partial charge in [-0.05, 0) is 19.3 Å². The van der Waals surface area contributed by atoms with Crippen LogP contribution in [-0.4, -0.2) is 114 Å². The molecule has 0 bridgehead atoms. The van der Waals surface area contributed by atoms with Crippen LogP contribution in [0.1, 0.15) is 52.4 Å². The Kier molecular flexibility index (Phi) is 24.7. The average molecular weight is 549 g/mol. The van der Waals surface area contributed by atoms with Crippen LogP contribution < -0.4 is 21.3 Å². The van der Waals surface area contributed by atoms with E-state index in [0.717, 1.165) is 19.3 Å². The Morgan fingerprint density at radius 3 is 1.68 bits per heavy atom. The Morgan fingerprint density at radius 1 is 0.632 bits per heavy atom. The van der Waals surface area contributed by atoms with Crippen molar-refractivity contribution in [2.24, 2.45) is 0 Å². The number of amides is 4. The molecule has 222 valence electrons. The molecule has 0 aromatic carbocycles. The van der Waals surface area contributed by atoms with Gasteiger partial charge in [0.2, 0.25) is 23.6 Å². The van der Waals surface area contributed by atoms with E-state index in [0.29, 0.717) is 58.9 Å². The van der Waals surface area contributed by atoms with Gasteiger partial charge in [0.1, 0.15) is 13.2 Å². The van der Waals surface area contributed by atoms with E-state index in [1.165, 1.54) is 0 Å². The van der Waals surface area contributed by atoms with Gasteiger partial charge in [0.05, 0.1) is 52.3 Å². The molecule has 13 heteroatoms. The molecule has 0 fully saturated rings. The van der Waals surface area contributed by atoms with Crippen molar-refractivity contribution in [2.45, 2.75) is 58.4 Å². The predicted octanol–water partition coefficient (Wildman–Crippen LogP) is -0.741. The summed E-state index contributed by atoms with van der Waals surface area (Å²) in [7, 11) is 0. The summed E-state index contributed by atoms with van der Waals surface area (Å²) in [5.41, 5.74) is 0. The van der Waals surface area contributed by atoms with Gasteiger partial charge in [-0.15, -0.1) is 0 Å². The highest BCUT2D eigenvalue weighted by molar-refractivity contribution is 5.78. The van der Waals surface area contributed by atoms with Crippen LogP contribution in [0.25, 0.3) is 0 Å². The van der Waals surface area contributed by atoms with Crippen LogP contribution in [0.3, 0.4) is 0 Å². The number of carbonyl (C=O) groups is 4. The number of carbonyl (C=O) groups excluding carboxylic acids is 4. The molecule has 4 amide bonds. The fourth-order valence-corrected chi connectivity index (χ4v) is 2.93. The number of hydrogen-bond acceptors (Lipinski definition) is 9. The molecule has 0 aliphatic rings. The van der Waals surface area contributed by atoms with Crippen LogP contribution in [0.4, 0.5) is 0 Å². The number of aliphatic hydroxyl groups is 1. The van der Waals surface area contributed by atoms with E-state index in [4.69, 9.17) is 18.9 Å². The normalized spacial score (nSPS) is 11.6. The zero-order valence-electron chi connectivity index (χ0n) is 23.0. The van der Waals surface area contributed by atoms with Crippen LogP contribution in [0.2, 0.25) is 0 Å².